The summed E-state index contributed by atoms with van der Waals surface area (Å²) in [6, 6.07) is 8.78. The van der Waals surface area contributed by atoms with Crippen molar-refractivity contribution in [3.63, 3.8) is 0 Å². The molecule has 2 aromatic rings. The standard InChI is InChI=1S/C19H25NO.C3H5F/c1-3-4-8-15(2)19-14-16-13-17(9-10-18(16)21-19)20-11-6-5-7-12-20;1-2-3-4/h8-10,13-14H,3-7,11-12H2,1-2H3;2-3H,1H3/b15-8+;3-2+. The van der Waals surface area contributed by atoms with Crippen molar-refractivity contribution in [3.8, 4) is 0 Å². The number of unbranched alkanes of at least 4 members (excludes halogenated alkanes) is 1. The number of halogens is 1. The predicted octanol–water partition coefficient (Wildman–Crippen LogP) is 7.12. The number of nitrogens with zero attached hydrogens (tertiary/aromatic N) is 1. The molecule has 25 heavy (non-hydrogen) atoms. The van der Waals surface area contributed by atoms with E-state index in [9.17, 15) is 4.39 Å². The van der Waals surface area contributed by atoms with E-state index in [0.29, 0.717) is 6.33 Å². The first-order valence-electron chi connectivity index (χ1n) is 9.36. The first kappa shape index (κ1) is 19.3. The molecule has 1 aliphatic rings. The lowest BCUT2D eigenvalue weighted by molar-refractivity contribution is 0.577. The number of allylic oxidation sites excluding steroid dienone is 3. The molecule has 0 bridgehead atoms. The highest BCUT2D eigenvalue weighted by atomic mass is 19.1. The Morgan fingerprint density at radius 2 is 1.92 bits per heavy atom. The van der Waals surface area contributed by atoms with E-state index >= 15 is 0 Å². The maximum Gasteiger partial charge on any atom is 0.134 e. The van der Waals surface area contributed by atoms with Gasteiger partial charge < -0.3 is 9.32 Å². The molecule has 3 heteroatoms. The summed E-state index contributed by atoms with van der Waals surface area (Å²) >= 11 is 0. The molecule has 2 heterocycles. The van der Waals surface area contributed by atoms with E-state index < -0.39 is 0 Å². The van der Waals surface area contributed by atoms with E-state index in [-0.39, 0.29) is 0 Å². The van der Waals surface area contributed by atoms with Gasteiger partial charge >= 0.3 is 0 Å². The SMILES string of the molecule is C/C=C/F.CCC/C=C(\C)c1cc2cc(N3CCCCC3)ccc2o1. The number of piperidine rings is 1. The van der Waals surface area contributed by atoms with Crippen LogP contribution in [0.2, 0.25) is 0 Å². The van der Waals surface area contributed by atoms with E-state index in [4.69, 9.17) is 4.42 Å². The van der Waals surface area contributed by atoms with Crippen molar-refractivity contribution in [2.75, 3.05) is 18.0 Å². The number of anilines is 1. The third kappa shape index (κ3) is 5.48. The third-order valence-corrected chi connectivity index (χ3v) is 4.47. The van der Waals surface area contributed by atoms with Crippen LogP contribution in [0.5, 0.6) is 0 Å². The monoisotopic (exact) mass is 343 g/mol. The predicted molar refractivity (Wildman–Crippen MR) is 107 cm³/mol. The lowest BCUT2D eigenvalue weighted by Crippen LogP contribution is -2.29. The Bertz CT molecular complexity index is 704. The van der Waals surface area contributed by atoms with Gasteiger partial charge in [0.2, 0.25) is 0 Å². The van der Waals surface area contributed by atoms with E-state index in [1.54, 1.807) is 6.92 Å². The molecule has 0 N–H and O–H groups in total. The van der Waals surface area contributed by atoms with Crippen molar-refractivity contribution < 1.29 is 8.81 Å². The van der Waals surface area contributed by atoms with Gasteiger partial charge in [-0.2, -0.15) is 0 Å². The molecule has 1 aliphatic heterocycles. The number of fused-ring (bicyclic) bond motifs is 1. The molecule has 1 saturated heterocycles. The van der Waals surface area contributed by atoms with Crippen molar-refractivity contribution in [2.24, 2.45) is 0 Å². The second-order valence-electron chi connectivity index (χ2n) is 6.52. The third-order valence-electron chi connectivity index (χ3n) is 4.47. The van der Waals surface area contributed by atoms with Crippen LogP contribution in [-0.2, 0) is 0 Å². The Morgan fingerprint density at radius 1 is 1.20 bits per heavy atom. The maximum absolute atomic E-state index is 10.5. The molecule has 136 valence electrons. The minimum atomic E-state index is 0.500. The van der Waals surface area contributed by atoms with Crippen molar-refractivity contribution in [1.82, 2.24) is 0 Å². The average molecular weight is 343 g/mol. The Hall–Kier alpha value is -2.03. The van der Waals surface area contributed by atoms with Crippen LogP contribution in [0.25, 0.3) is 16.5 Å². The Morgan fingerprint density at radius 3 is 2.56 bits per heavy atom. The van der Waals surface area contributed by atoms with Crippen molar-refractivity contribution in [3.05, 3.63) is 48.5 Å². The van der Waals surface area contributed by atoms with Crippen LogP contribution >= 0.6 is 0 Å². The fraction of sp³-hybridized carbons (Fsp3) is 0.455. The minimum absolute atomic E-state index is 0.500. The van der Waals surface area contributed by atoms with Gasteiger partial charge in [0.1, 0.15) is 11.3 Å². The Balaban J connectivity index is 0.000000511. The number of rotatable bonds is 4. The van der Waals surface area contributed by atoms with Gasteiger partial charge in [0.05, 0.1) is 6.33 Å². The summed E-state index contributed by atoms with van der Waals surface area (Å²) < 4.78 is 16.5. The van der Waals surface area contributed by atoms with Crippen molar-refractivity contribution in [2.45, 2.75) is 52.9 Å². The van der Waals surface area contributed by atoms with Crippen LogP contribution < -0.4 is 4.90 Å². The molecule has 1 aromatic heterocycles. The summed E-state index contributed by atoms with van der Waals surface area (Å²) in [6.45, 7) is 8.34. The lowest BCUT2D eigenvalue weighted by atomic mass is 10.1. The lowest BCUT2D eigenvalue weighted by Gasteiger charge is -2.28. The molecule has 0 atom stereocenters. The number of hydrogen-bond acceptors (Lipinski definition) is 2. The average Bonchev–Trinajstić information content (AvgIpc) is 3.10. The van der Waals surface area contributed by atoms with E-state index in [2.05, 4.69) is 49.1 Å². The molecule has 0 aliphatic carbocycles. The van der Waals surface area contributed by atoms with Gasteiger partial charge in [0.15, 0.2) is 0 Å². The fourth-order valence-electron chi connectivity index (χ4n) is 3.04. The van der Waals surface area contributed by atoms with Crippen LogP contribution in [0, 0.1) is 0 Å². The topological polar surface area (TPSA) is 16.4 Å². The maximum atomic E-state index is 10.5. The molecule has 0 amide bonds. The zero-order chi connectivity index (χ0) is 18.1. The van der Waals surface area contributed by atoms with Crippen LogP contribution in [-0.4, -0.2) is 13.1 Å². The van der Waals surface area contributed by atoms with Crippen LogP contribution in [0.4, 0.5) is 10.1 Å². The second kappa shape index (κ2) is 10.1. The number of hydrogen-bond donors (Lipinski definition) is 0. The van der Waals surface area contributed by atoms with Crippen LogP contribution in [0.15, 0.2) is 47.2 Å². The molecule has 1 aromatic carbocycles. The van der Waals surface area contributed by atoms with Gasteiger partial charge in [-0.3, -0.25) is 0 Å². The molecule has 0 unspecified atom stereocenters. The first-order chi connectivity index (χ1) is 12.2. The normalized spacial score (nSPS) is 15.5. The molecule has 1 fully saturated rings. The van der Waals surface area contributed by atoms with Crippen molar-refractivity contribution in [1.29, 1.82) is 0 Å². The van der Waals surface area contributed by atoms with E-state index in [0.717, 1.165) is 17.8 Å². The molecule has 3 rings (SSSR count). The molecule has 0 saturated carbocycles. The quantitative estimate of drug-likeness (QED) is 0.588. The highest BCUT2D eigenvalue weighted by Crippen LogP contribution is 2.29. The summed E-state index contributed by atoms with van der Waals surface area (Å²) in [6.07, 6.45) is 10.4. The highest BCUT2D eigenvalue weighted by molar-refractivity contribution is 5.85. The van der Waals surface area contributed by atoms with Gasteiger partial charge in [-0.05, 0) is 69.4 Å². The summed E-state index contributed by atoms with van der Waals surface area (Å²) in [4.78, 5) is 2.50. The molecular formula is C22H30FNO. The largest absolute Gasteiger partial charge is 0.456 e. The zero-order valence-corrected chi connectivity index (χ0v) is 15.7. The summed E-state index contributed by atoms with van der Waals surface area (Å²) in [7, 11) is 0. The van der Waals surface area contributed by atoms with Gasteiger partial charge in [0.25, 0.3) is 0 Å². The molecule has 0 radical (unpaired) electrons. The zero-order valence-electron chi connectivity index (χ0n) is 15.7. The van der Waals surface area contributed by atoms with Crippen LogP contribution in [0.3, 0.4) is 0 Å². The number of benzene rings is 1. The number of furan rings is 1. The molecule has 2 nitrogen and oxygen atoms in total. The van der Waals surface area contributed by atoms with Crippen LogP contribution in [0.1, 0.15) is 58.6 Å². The smallest absolute Gasteiger partial charge is 0.134 e. The Kier molecular flexibility index (Phi) is 7.77. The minimum Gasteiger partial charge on any atom is -0.456 e. The second-order valence-corrected chi connectivity index (χ2v) is 6.52. The van der Waals surface area contributed by atoms with Gasteiger partial charge in [0, 0.05) is 24.2 Å². The summed E-state index contributed by atoms with van der Waals surface area (Å²) in [5.41, 5.74) is 3.58. The fourth-order valence-corrected chi connectivity index (χ4v) is 3.04. The van der Waals surface area contributed by atoms with Gasteiger partial charge in [-0.25, -0.2) is 4.39 Å². The first-order valence-corrected chi connectivity index (χ1v) is 9.36. The van der Waals surface area contributed by atoms with E-state index in [1.165, 1.54) is 61.5 Å². The summed E-state index contributed by atoms with van der Waals surface area (Å²) in [5, 5.41) is 1.22. The highest BCUT2D eigenvalue weighted by Gasteiger charge is 2.12. The Labute approximate surface area is 151 Å². The van der Waals surface area contributed by atoms with E-state index in [1.807, 2.05) is 0 Å². The molecular weight excluding hydrogens is 313 g/mol. The molecule has 0 spiro atoms. The van der Waals surface area contributed by atoms with Crippen molar-refractivity contribution >= 4 is 22.2 Å². The van der Waals surface area contributed by atoms with Gasteiger partial charge in [-0.15, -0.1) is 0 Å². The van der Waals surface area contributed by atoms with Gasteiger partial charge in [-0.1, -0.05) is 25.5 Å². The summed E-state index contributed by atoms with van der Waals surface area (Å²) in [5.74, 6) is 1.01.